The van der Waals surface area contributed by atoms with E-state index in [0.717, 1.165) is 22.4 Å². The summed E-state index contributed by atoms with van der Waals surface area (Å²) in [6, 6.07) is 15.1. The molecule has 27 heavy (non-hydrogen) atoms. The van der Waals surface area contributed by atoms with E-state index in [0.29, 0.717) is 31.0 Å². The number of amides is 1. The molecule has 138 valence electrons. The van der Waals surface area contributed by atoms with E-state index in [-0.39, 0.29) is 12.0 Å². The number of aromatic nitrogens is 1. The lowest BCUT2D eigenvalue weighted by Gasteiger charge is -2.09. The Morgan fingerprint density at radius 1 is 1.22 bits per heavy atom. The van der Waals surface area contributed by atoms with E-state index in [1.807, 2.05) is 48.5 Å². The second-order valence-electron chi connectivity index (χ2n) is 6.24. The first-order chi connectivity index (χ1) is 13.2. The van der Waals surface area contributed by atoms with Crippen LogP contribution in [0.15, 0.2) is 58.1 Å². The van der Waals surface area contributed by atoms with Crippen LogP contribution in [0.4, 0.5) is 0 Å². The summed E-state index contributed by atoms with van der Waals surface area (Å²) in [5.41, 5.74) is 2.81. The van der Waals surface area contributed by atoms with Crippen molar-refractivity contribution in [3.05, 3.63) is 60.0 Å². The summed E-state index contributed by atoms with van der Waals surface area (Å²) in [5, 5.41) is 6.78. The van der Waals surface area contributed by atoms with Crippen molar-refractivity contribution < 1.29 is 18.8 Å². The van der Waals surface area contributed by atoms with Gasteiger partial charge in [-0.1, -0.05) is 35.5 Å². The second kappa shape index (κ2) is 7.49. The number of nitrogens with zero attached hydrogens (tertiary/aromatic N) is 2. The predicted octanol–water partition coefficient (Wildman–Crippen LogP) is 2.84. The number of rotatable bonds is 6. The lowest BCUT2D eigenvalue weighted by atomic mass is 10.1. The highest BCUT2D eigenvalue weighted by Crippen LogP contribution is 2.20. The molecule has 1 N–H and O–H groups in total. The van der Waals surface area contributed by atoms with Crippen molar-refractivity contribution >= 4 is 22.7 Å². The van der Waals surface area contributed by atoms with Gasteiger partial charge in [-0.15, -0.1) is 0 Å². The zero-order valence-electron chi connectivity index (χ0n) is 14.8. The lowest BCUT2D eigenvalue weighted by molar-refractivity contribution is -0.115. The van der Waals surface area contributed by atoms with Crippen molar-refractivity contribution in [3.63, 3.8) is 0 Å². The van der Waals surface area contributed by atoms with Crippen molar-refractivity contribution in [2.75, 3.05) is 7.11 Å². The van der Waals surface area contributed by atoms with E-state index in [2.05, 4.69) is 15.5 Å². The molecule has 0 fully saturated rings. The van der Waals surface area contributed by atoms with Crippen molar-refractivity contribution in [1.82, 2.24) is 10.3 Å². The maximum absolute atomic E-state index is 12.4. The lowest BCUT2D eigenvalue weighted by Crippen LogP contribution is -2.30. The summed E-state index contributed by atoms with van der Waals surface area (Å²) < 4.78 is 11.0. The quantitative estimate of drug-likeness (QED) is 0.726. The molecule has 0 saturated heterocycles. The Hall–Kier alpha value is -3.35. The third-order valence-corrected chi connectivity index (χ3v) is 4.37. The molecule has 7 nitrogen and oxygen atoms in total. The Balaban J connectivity index is 1.32. The fraction of sp³-hybridized carbons (Fsp3) is 0.250. The number of fused-ring (bicyclic) bond motifs is 1. The highest BCUT2D eigenvalue weighted by atomic mass is 16.6. The van der Waals surface area contributed by atoms with Crippen LogP contribution in [0.25, 0.3) is 11.1 Å². The molecule has 1 atom stereocenters. The molecular formula is C20H19N3O4. The molecule has 2 aromatic carbocycles. The molecule has 7 heteroatoms. The first kappa shape index (κ1) is 17.1. The van der Waals surface area contributed by atoms with Crippen molar-refractivity contribution in [1.29, 1.82) is 0 Å². The number of oxazole rings is 1. The number of para-hydroxylation sites is 3. The molecule has 1 aliphatic rings. The molecule has 1 aliphatic heterocycles. The van der Waals surface area contributed by atoms with Gasteiger partial charge in [0, 0.05) is 18.5 Å². The van der Waals surface area contributed by atoms with Gasteiger partial charge in [-0.05, 0) is 18.2 Å². The van der Waals surface area contributed by atoms with Gasteiger partial charge in [-0.3, -0.25) is 4.79 Å². The predicted molar refractivity (Wildman–Crippen MR) is 99.5 cm³/mol. The average Bonchev–Trinajstić information content (AvgIpc) is 3.33. The zero-order chi connectivity index (χ0) is 18.6. The minimum atomic E-state index is -0.259. The Morgan fingerprint density at radius 2 is 2.04 bits per heavy atom. The molecule has 0 spiro atoms. The van der Waals surface area contributed by atoms with Crippen LogP contribution in [0.1, 0.15) is 17.9 Å². The smallest absolute Gasteiger partial charge is 0.269 e. The topological polar surface area (TPSA) is 86.0 Å². The first-order valence-corrected chi connectivity index (χ1v) is 8.70. The van der Waals surface area contributed by atoms with Crippen LogP contribution < -0.4 is 10.1 Å². The summed E-state index contributed by atoms with van der Waals surface area (Å²) in [4.78, 5) is 22.2. The van der Waals surface area contributed by atoms with Gasteiger partial charge in [-0.25, -0.2) is 4.98 Å². The van der Waals surface area contributed by atoms with Crippen LogP contribution in [0.5, 0.6) is 5.75 Å². The summed E-state index contributed by atoms with van der Waals surface area (Å²) in [7, 11) is 1.60. The van der Waals surface area contributed by atoms with E-state index in [1.165, 1.54) is 0 Å². The standard InChI is InChI=1S/C20H19N3O4/c1-25-17-8-4-2-6-13(17)12-21-20(24)16-10-14(27-23-16)11-19-22-15-7-3-5-9-18(15)26-19/h2-9,14H,10-12H2,1H3,(H,21,24)/t14-/m0/s1. The SMILES string of the molecule is COc1ccccc1CNC(=O)C1=NO[C@H](Cc2nc3ccccc3o2)C1. The third kappa shape index (κ3) is 3.76. The van der Waals surface area contributed by atoms with Gasteiger partial charge in [0.2, 0.25) is 0 Å². The molecule has 0 unspecified atom stereocenters. The summed E-state index contributed by atoms with van der Waals surface area (Å²) in [5.74, 6) is 1.06. The molecule has 0 aliphatic carbocycles. The maximum Gasteiger partial charge on any atom is 0.269 e. The molecule has 0 bridgehead atoms. The average molecular weight is 365 g/mol. The fourth-order valence-electron chi connectivity index (χ4n) is 3.00. The molecule has 1 amide bonds. The van der Waals surface area contributed by atoms with Crippen LogP contribution in [0.2, 0.25) is 0 Å². The number of ether oxygens (including phenoxy) is 1. The van der Waals surface area contributed by atoms with Gasteiger partial charge < -0.3 is 19.3 Å². The molecule has 1 aromatic heterocycles. The van der Waals surface area contributed by atoms with Crippen LogP contribution in [0, 0.1) is 0 Å². The number of benzene rings is 2. The van der Waals surface area contributed by atoms with Gasteiger partial charge in [-0.2, -0.15) is 0 Å². The van der Waals surface area contributed by atoms with Gasteiger partial charge in [0.05, 0.1) is 13.5 Å². The number of carbonyl (C=O) groups is 1. The molecule has 4 rings (SSSR count). The van der Waals surface area contributed by atoms with Crippen molar-refractivity contribution in [2.45, 2.75) is 25.5 Å². The van der Waals surface area contributed by atoms with E-state index in [4.69, 9.17) is 14.0 Å². The molecule has 0 radical (unpaired) electrons. The minimum absolute atomic E-state index is 0.249. The molecule has 3 aromatic rings. The first-order valence-electron chi connectivity index (χ1n) is 8.70. The maximum atomic E-state index is 12.4. The van der Waals surface area contributed by atoms with Gasteiger partial charge in [0.1, 0.15) is 23.1 Å². The normalized spacial score (nSPS) is 16.0. The highest BCUT2D eigenvalue weighted by molar-refractivity contribution is 6.39. The molecule has 2 heterocycles. The van der Waals surface area contributed by atoms with Crippen LogP contribution in [-0.2, 0) is 22.6 Å². The van der Waals surface area contributed by atoms with Crippen molar-refractivity contribution in [3.8, 4) is 5.75 Å². The van der Waals surface area contributed by atoms with Gasteiger partial charge in [0.15, 0.2) is 11.5 Å². The number of carbonyl (C=O) groups excluding carboxylic acids is 1. The summed E-state index contributed by atoms with van der Waals surface area (Å²) in [6.07, 6.45) is 0.614. The van der Waals surface area contributed by atoms with Gasteiger partial charge >= 0.3 is 0 Å². The largest absolute Gasteiger partial charge is 0.496 e. The minimum Gasteiger partial charge on any atom is -0.496 e. The molecule has 0 saturated carbocycles. The van der Waals surface area contributed by atoms with Crippen molar-refractivity contribution in [2.24, 2.45) is 5.16 Å². The second-order valence-corrected chi connectivity index (χ2v) is 6.24. The Morgan fingerprint density at radius 3 is 2.89 bits per heavy atom. The number of methoxy groups -OCH3 is 1. The Labute approximate surface area is 156 Å². The number of hydrogen-bond donors (Lipinski definition) is 1. The van der Waals surface area contributed by atoms with Crippen LogP contribution >= 0.6 is 0 Å². The Kier molecular flexibility index (Phi) is 4.74. The van der Waals surface area contributed by atoms with Gasteiger partial charge in [0.25, 0.3) is 5.91 Å². The number of hydrogen-bond acceptors (Lipinski definition) is 6. The molecular weight excluding hydrogens is 346 g/mol. The summed E-state index contributed by atoms with van der Waals surface area (Å²) >= 11 is 0. The fourth-order valence-corrected chi connectivity index (χ4v) is 3.00. The Bertz CT molecular complexity index is 963. The van der Waals surface area contributed by atoms with E-state index >= 15 is 0 Å². The van der Waals surface area contributed by atoms with E-state index in [9.17, 15) is 4.79 Å². The van der Waals surface area contributed by atoms with Crippen LogP contribution in [-0.4, -0.2) is 29.8 Å². The monoisotopic (exact) mass is 365 g/mol. The number of nitrogens with one attached hydrogen (secondary N) is 1. The highest BCUT2D eigenvalue weighted by Gasteiger charge is 2.27. The number of oxime groups is 1. The van der Waals surface area contributed by atoms with E-state index in [1.54, 1.807) is 7.11 Å². The zero-order valence-corrected chi connectivity index (χ0v) is 14.8. The van der Waals surface area contributed by atoms with E-state index < -0.39 is 0 Å². The van der Waals surface area contributed by atoms with Crippen LogP contribution in [0.3, 0.4) is 0 Å². The third-order valence-electron chi connectivity index (χ3n) is 4.37. The summed E-state index contributed by atoms with van der Waals surface area (Å²) in [6.45, 7) is 0.359.